The molecule has 1 aliphatic rings. The minimum Gasteiger partial charge on any atom is -0.507 e. The molecule has 1 saturated heterocycles. The number of morpholine rings is 1. The second kappa shape index (κ2) is 31.5. The number of nitrogens with zero attached hydrogens (tertiary/aromatic N) is 1. The van der Waals surface area contributed by atoms with E-state index < -0.39 is 11.9 Å². The third kappa shape index (κ3) is 17.7. The van der Waals surface area contributed by atoms with Crippen molar-refractivity contribution in [3.63, 3.8) is 0 Å². The molecule has 0 unspecified atom stereocenters. The summed E-state index contributed by atoms with van der Waals surface area (Å²) in [5.41, 5.74) is 3.52. The Morgan fingerprint density at radius 1 is 0.512 bits per heavy atom. The maximum Gasteiger partial charge on any atom is 0.330 e. The van der Waals surface area contributed by atoms with E-state index in [1.807, 2.05) is 36.4 Å². The Hall–Kier alpha value is -10.0. The van der Waals surface area contributed by atoms with E-state index in [1.54, 1.807) is 97.6 Å². The number of benzene rings is 8. The van der Waals surface area contributed by atoms with Crippen LogP contribution in [-0.2, 0) is 33.4 Å². The molecule has 0 atom stereocenters. The fourth-order valence-electron chi connectivity index (χ4n) is 7.98. The van der Waals surface area contributed by atoms with Crippen LogP contribution in [0.2, 0.25) is 0 Å². The molecule has 18 heteroatoms. The van der Waals surface area contributed by atoms with E-state index in [2.05, 4.69) is 27.2 Å². The van der Waals surface area contributed by atoms with E-state index >= 15 is 0 Å². The van der Waals surface area contributed by atoms with Gasteiger partial charge in [-0.05, 0) is 146 Å². The third-order valence-corrected chi connectivity index (χ3v) is 12.5. The summed E-state index contributed by atoms with van der Waals surface area (Å²) in [6, 6.07) is 34.4. The number of amides is 1. The monoisotopic (exact) mass is 1170 g/mol. The maximum atomic E-state index is 12.1. The Labute approximate surface area is 479 Å². The molecule has 0 bridgehead atoms. The van der Waals surface area contributed by atoms with Crippen LogP contribution in [0.3, 0.4) is 0 Å². The van der Waals surface area contributed by atoms with Gasteiger partial charge in [0.05, 0.1) is 48.7 Å². The van der Waals surface area contributed by atoms with Crippen LogP contribution in [0.1, 0.15) is 72.0 Å². The molecular formula is C64H56BrNO16. The zero-order valence-corrected chi connectivity index (χ0v) is 46.0. The van der Waals surface area contributed by atoms with Crippen molar-refractivity contribution >= 4 is 126 Å². The van der Waals surface area contributed by atoms with Gasteiger partial charge in [0.15, 0.2) is 25.1 Å². The number of carbonyl (C=O) groups is 8. The molecule has 1 amide bonds. The summed E-state index contributed by atoms with van der Waals surface area (Å²) >= 11 is 3.35. The number of phenols is 4. The maximum absolute atomic E-state index is 12.1. The number of fused-ring (bicyclic) bond motifs is 4. The fourth-order valence-corrected chi connectivity index (χ4v) is 8.36. The third-order valence-electron chi connectivity index (χ3n) is 12.0. The van der Waals surface area contributed by atoms with Gasteiger partial charge in [-0.15, -0.1) is 0 Å². The summed E-state index contributed by atoms with van der Waals surface area (Å²) in [4.78, 5) is 89.3. The van der Waals surface area contributed by atoms with Crippen molar-refractivity contribution in [2.75, 3.05) is 39.5 Å². The van der Waals surface area contributed by atoms with Gasteiger partial charge < -0.3 is 44.6 Å². The molecule has 1 heterocycles. The number of halogens is 1. The molecule has 0 saturated carbocycles. The van der Waals surface area contributed by atoms with E-state index in [4.69, 9.17) is 14.6 Å². The lowest BCUT2D eigenvalue weighted by atomic mass is 10.0. The van der Waals surface area contributed by atoms with Crippen molar-refractivity contribution < 1.29 is 78.1 Å². The summed E-state index contributed by atoms with van der Waals surface area (Å²) in [5.74, 6) is -1.92. The standard InChI is InChI=1S/C18H17NO4.C16H14O4.C14H10O4.C11H7BrO2.C5H8O2/c20-12-16-15-4-1-13(11-14(15)3-5-17(16)21)2-6-18(22)19-7-9-23-10-8-19;1-2-20-16(19)8-4-11-3-6-13-12(9-11)5-7-15(18)14(13)10-17;15-8-12-11-4-1-9(2-6-14(17)18)7-10(11)3-5-13(12)16;12-8-2-3-9-7(5-8)1-4-11(14)10(9)6-13;1-3-5(6)7-4-2/h1-6,11-12,21H,7-10H2;3-10,18H,2H2,1H3;1-8,16H,(H,17,18);1-6,14H;3H,1,4H2,2H3/b6-2+;8-4+;6-2+;;. The SMILES string of the molecule is C=CC(=O)OCC.CCOC(=O)/C=C/c1ccc2c(C=O)c(O)ccc2c1.O=Cc1c(O)ccc2cc(/C=C/C(=O)N3CCOCC3)ccc12.O=Cc1c(O)ccc2cc(/C=C/C(=O)O)ccc12.O=Cc1c(O)ccc2cc(Br)ccc12. The zero-order chi connectivity index (χ0) is 59.7. The lowest BCUT2D eigenvalue weighted by molar-refractivity contribution is -0.138. The van der Waals surface area contributed by atoms with Gasteiger partial charge in [0.2, 0.25) is 5.91 Å². The van der Waals surface area contributed by atoms with E-state index in [9.17, 15) is 58.8 Å². The molecule has 0 radical (unpaired) electrons. The molecule has 0 aliphatic carbocycles. The Morgan fingerprint density at radius 2 is 0.866 bits per heavy atom. The quantitative estimate of drug-likeness (QED) is 0.0408. The minimum atomic E-state index is -1.02. The topological polar surface area (TPSA) is 269 Å². The van der Waals surface area contributed by atoms with Crippen molar-refractivity contribution in [2.45, 2.75) is 13.8 Å². The van der Waals surface area contributed by atoms with Gasteiger partial charge in [-0.2, -0.15) is 0 Å². The number of hydrogen-bond donors (Lipinski definition) is 5. The largest absolute Gasteiger partial charge is 0.507 e. The molecule has 8 aromatic carbocycles. The van der Waals surface area contributed by atoms with Crippen LogP contribution in [0.15, 0.2) is 157 Å². The number of aldehydes is 4. The molecule has 5 N–H and O–H groups in total. The van der Waals surface area contributed by atoms with Crippen molar-refractivity contribution in [3.05, 3.63) is 196 Å². The second-order valence-electron chi connectivity index (χ2n) is 17.3. The number of carboxylic acids is 1. The molecule has 1 fully saturated rings. The summed E-state index contributed by atoms with van der Waals surface area (Å²) < 4.78 is 15.4. The molecule has 420 valence electrons. The number of hydrogen-bond acceptors (Lipinski definition) is 15. The van der Waals surface area contributed by atoms with Gasteiger partial charge in [0.1, 0.15) is 23.0 Å². The van der Waals surface area contributed by atoms with Gasteiger partial charge in [-0.25, -0.2) is 14.4 Å². The van der Waals surface area contributed by atoms with E-state index in [1.165, 1.54) is 36.4 Å². The number of esters is 2. The summed E-state index contributed by atoms with van der Waals surface area (Å²) in [5, 5.41) is 52.9. The molecule has 0 spiro atoms. The number of ether oxygens (including phenoxy) is 3. The Kier molecular flexibility index (Phi) is 24.1. The van der Waals surface area contributed by atoms with Crippen LogP contribution >= 0.6 is 15.9 Å². The Morgan fingerprint density at radius 3 is 1.22 bits per heavy atom. The first-order valence-electron chi connectivity index (χ1n) is 25.1. The second-order valence-corrected chi connectivity index (χ2v) is 18.2. The van der Waals surface area contributed by atoms with E-state index in [0.717, 1.165) is 54.7 Å². The molecule has 82 heavy (non-hydrogen) atoms. The first-order valence-corrected chi connectivity index (χ1v) is 25.9. The number of rotatable bonds is 13. The highest BCUT2D eigenvalue weighted by Crippen LogP contribution is 2.31. The van der Waals surface area contributed by atoms with Crippen molar-refractivity contribution in [2.24, 2.45) is 0 Å². The highest BCUT2D eigenvalue weighted by atomic mass is 79.9. The molecule has 17 nitrogen and oxygen atoms in total. The average Bonchev–Trinajstić information content (AvgIpc) is 3.67. The summed E-state index contributed by atoms with van der Waals surface area (Å²) in [7, 11) is 0. The van der Waals surface area contributed by atoms with Gasteiger partial charge in [0.25, 0.3) is 0 Å². The van der Waals surface area contributed by atoms with Crippen molar-refractivity contribution in [3.8, 4) is 23.0 Å². The van der Waals surface area contributed by atoms with Gasteiger partial charge in [0, 0.05) is 41.9 Å². The minimum absolute atomic E-state index is 0.0230. The lowest BCUT2D eigenvalue weighted by Crippen LogP contribution is -2.39. The van der Waals surface area contributed by atoms with Crippen LogP contribution in [0, 0.1) is 0 Å². The van der Waals surface area contributed by atoms with Crippen molar-refractivity contribution in [1.82, 2.24) is 4.90 Å². The first kappa shape index (κ1) is 62.8. The normalized spacial score (nSPS) is 11.7. The predicted molar refractivity (Wildman–Crippen MR) is 317 cm³/mol. The average molecular weight is 1180 g/mol. The number of carbonyl (C=O) groups excluding carboxylic acids is 7. The fraction of sp³-hybridized carbons (Fsp3) is 0.125. The molecule has 8 aromatic rings. The van der Waals surface area contributed by atoms with E-state index in [0.29, 0.717) is 91.9 Å². The summed E-state index contributed by atoms with van der Waals surface area (Å²) in [6.45, 7) is 9.84. The smallest absolute Gasteiger partial charge is 0.330 e. The van der Waals surface area contributed by atoms with Gasteiger partial charge in [-0.3, -0.25) is 24.0 Å². The molecular weight excluding hydrogens is 1120 g/mol. The lowest BCUT2D eigenvalue weighted by Gasteiger charge is -2.25. The molecule has 1 aliphatic heterocycles. The Balaban J connectivity index is 0.000000195. The van der Waals surface area contributed by atoms with Crippen LogP contribution in [0.5, 0.6) is 23.0 Å². The van der Waals surface area contributed by atoms with E-state index in [-0.39, 0.29) is 51.6 Å². The predicted octanol–water partition coefficient (Wildman–Crippen LogP) is 11.5. The highest BCUT2D eigenvalue weighted by Gasteiger charge is 2.15. The van der Waals surface area contributed by atoms with Crippen molar-refractivity contribution in [1.29, 1.82) is 0 Å². The number of aromatic hydroxyl groups is 4. The van der Waals surface area contributed by atoms with Gasteiger partial charge >= 0.3 is 17.9 Å². The van der Waals surface area contributed by atoms with Crippen LogP contribution < -0.4 is 0 Å². The van der Waals surface area contributed by atoms with Gasteiger partial charge in [-0.1, -0.05) is 89.2 Å². The number of carboxylic acid groups (broad SMARTS) is 1. The first-order chi connectivity index (χ1) is 39.5. The molecule has 9 rings (SSSR count). The summed E-state index contributed by atoms with van der Waals surface area (Å²) in [6.07, 6.45) is 12.5. The van der Waals surface area contributed by atoms with Crippen LogP contribution in [0.4, 0.5) is 0 Å². The van der Waals surface area contributed by atoms with Crippen LogP contribution in [-0.4, -0.2) is 119 Å². The van der Waals surface area contributed by atoms with Crippen LogP contribution in [0.25, 0.3) is 61.3 Å². The Bertz CT molecular complexity index is 3760. The highest BCUT2D eigenvalue weighted by molar-refractivity contribution is 9.10. The molecule has 0 aromatic heterocycles. The number of phenolic OH excluding ortho intramolecular Hbond substituents is 4. The number of aliphatic carboxylic acids is 1. The zero-order valence-electron chi connectivity index (χ0n) is 44.4.